The first-order valence-electron chi connectivity index (χ1n) is 6.74. The lowest BCUT2D eigenvalue weighted by Crippen LogP contribution is -2.28. The number of primary amides is 1. The Hall–Kier alpha value is -2.14. The van der Waals surface area contributed by atoms with E-state index in [0.717, 1.165) is 23.1 Å². The van der Waals surface area contributed by atoms with Gasteiger partial charge in [0.2, 0.25) is 0 Å². The van der Waals surface area contributed by atoms with Gasteiger partial charge >= 0.3 is 0 Å². The molecule has 0 aliphatic rings. The van der Waals surface area contributed by atoms with Gasteiger partial charge in [-0.1, -0.05) is 32.0 Å². The Kier molecular flexibility index (Phi) is 4.53. The first kappa shape index (κ1) is 14.3. The monoisotopic (exact) mass is 272 g/mol. The van der Waals surface area contributed by atoms with Gasteiger partial charge in [0.25, 0.3) is 5.91 Å². The second kappa shape index (κ2) is 6.34. The zero-order chi connectivity index (χ0) is 14.5. The van der Waals surface area contributed by atoms with Gasteiger partial charge < -0.3 is 16.4 Å². The van der Waals surface area contributed by atoms with Gasteiger partial charge in [-0.3, -0.25) is 9.78 Å². The molecule has 0 fully saturated rings. The first-order chi connectivity index (χ1) is 9.59. The molecule has 1 aromatic carbocycles. The van der Waals surface area contributed by atoms with Crippen molar-refractivity contribution < 1.29 is 4.79 Å². The molecule has 0 saturated heterocycles. The molecule has 4 N–H and O–H groups in total. The topological polar surface area (TPSA) is 80.0 Å². The molecular formula is C15H20N4O. The van der Waals surface area contributed by atoms with E-state index in [1.807, 2.05) is 24.3 Å². The summed E-state index contributed by atoms with van der Waals surface area (Å²) in [4.78, 5) is 15.8. The maximum atomic E-state index is 11.5. The molecule has 0 spiro atoms. The van der Waals surface area contributed by atoms with Crippen molar-refractivity contribution in [3.8, 4) is 0 Å². The highest BCUT2D eigenvalue weighted by atomic mass is 16.1. The number of anilines is 1. The lowest BCUT2D eigenvalue weighted by Gasteiger charge is -2.14. The van der Waals surface area contributed by atoms with E-state index in [4.69, 9.17) is 5.73 Å². The summed E-state index contributed by atoms with van der Waals surface area (Å²) in [6.07, 6.45) is 1.53. The summed E-state index contributed by atoms with van der Waals surface area (Å²) < 4.78 is 0. The van der Waals surface area contributed by atoms with Crippen molar-refractivity contribution in [2.24, 2.45) is 5.73 Å². The van der Waals surface area contributed by atoms with E-state index in [1.54, 1.807) is 0 Å². The van der Waals surface area contributed by atoms with Gasteiger partial charge in [0.15, 0.2) is 0 Å². The van der Waals surface area contributed by atoms with Crippen molar-refractivity contribution >= 4 is 22.5 Å². The number of pyridine rings is 1. The van der Waals surface area contributed by atoms with Crippen LogP contribution in [0.15, 0.2) is 30.5 Å². The van der Waals surface area contributed by atoms with Gasteiger partial charge in [-0.2, -0.15) is 0 Å². The van der Waals surface area contributed by atoms with Crippen LogP contribution in [0.1, 0.15) is 24.2 Å². The Morgan fingerprint density at radius 3 is 2.75 bits per heavy atom. The van der Waals surface area contributed by atoms with E-state index in [1.165, 1.54) is 6.20 Å². The van der Waals surface area contributed by atoms with Gasteiger partial charge in [0.1, 0.15) is 0 Å². The Morgan fingerprint density at radius 1 is 1.30 bits per heavy atom. The standard InChI is InChI=1S/C15H20N4O/c1-10(2)17-7-8-18-14-11-5-3-4-6-13(11)19-9-12(14)15(16)20/h3-6,9-10,17H,7-8H2,1-2H3,(H2,16,20)(H,18,19). The summed E-state index contributed by atoms with van der Waals surface area (Å²) >= 11 is 0. The predicted octanol–water partition coefficient (Wildman–Crippen LogP) is 1.74. The van der Waals surface area contributed by atoms with Crippen molar-refractivity contribution in [2.45, 2.75) is 19.9 Å². The minimum Gasteiger partial charge on any atom is -0.383 e. The third kappa shape index (κ3) is 3.24. The largest absolute Gasteiger partial charge is 0.383 e. The van der Waals surface area contributed by atoms with Gasteiger partial charge in [-0.15, -0.1) is 0 Å². The Morgan fingerprint density at radius 2 is 2.05 bits per heavy atom. The summed E-state index contributed by atoms with van der Waals surface area (Å²) in [7, 11) is 0. The number of carbonyl (C=O) groups is 1. The minimum absolute atomic E-state index is 0.424. The quantitative estimate of drug-likeness (QED) is 0.700. The molecule has 106 valence electrons. The van der Waals surface area contributed by atoms with E-state index < -0.39 is 5.91 Å². The Labute approximate surface area is 118 Å². The highest BCUT2D eigenvalue weighted by Crippen LogP contribution is 2.25. The van der Waals surface area contributed by atoms with Crippen LogP contribution in [0.3, 0.4) is 0 Å². The lowest BCUT2D eigenvalue weighted by atomic mass is 10.1. The third-order valence-electron chi connectivity index (χ3n) is 3.02. The van der Waals surface area contributed by atoms with E-state index >= 15 is 0 Å². The van der Waals surface area contributed by atoms with E-state index in [0.29, 0.717) is 18.2 Å². The number of nitrogens with zero attached hydrogens (tertiary/aromatic N) is 1. The molecule has 5 nitrogen and oxygen atoms in total. The number of rotatable bonds is 6. The van der Waals surface area contributed by atoms with Crippen molar-refractivity contribution in [3.05, 3.63) is 36.0 Å². The summed E-state index contributed by atoms with van der Waals surface area (Å²) in [5.41, 5.74) is 7.45. The fourth-order valence-corrected chi connectivity index (χ4v) is 2.07. The molecule has 0 aliphatic carbocycles. The van der Waals surface area contributed by atoms with Gasteiger partial charge in [0, 0.05) is 30.7 Å². The zero-order valence-corrected chi connectivity index (χ0v) is 11.8. The molecule has 0 bridgehead atoms. The number of aromatic nitrogens is 1. The second-order valence-electron chi connectivity index (χ2n) is 4.96. The van der Waals surface area contributed by atoms with Crippen molar-refractivity contribution in [1.29, 1.82) is 0 Å². The van der Waals surface area contributed by atoms with Crippen LogP contribution >= 0.6 is 0 Å². The average molecular weight is 272 g/mol. The molecular weight excluding hydrogens is 252 g/mol. The molecule has 0 unspecified atom stereocenters. The number of hydrogen-bond acceptors (Lipinski definition) is 4. The van der Waals surface area contributed by atoms with Crippen molar-refractivity contribution in [3.63, 3.8) is 0 Å². The predicted molar refractivity (Wildman–Crippen MR) is 81.9 cm³/mol. The summed E-state index contributed by atoms with van der Waals surface area (Å²) in [6, 6.07) is 8.13. The van der Waals surface area contributed by atoms with Crippen LogP contribution in [-0.2, 0) is 0 Å². The molecule has 2 rings (SSSR count). The van der Waals surface area contributed by atoms with Gasteiger partial charge in [-0.25, -0.2) is 0 Å². The minimum atomic E-state index is -0.470. The maximum Gasteiger partial charge on any atom is 0.252 e. The van der Waals surface area contributed by atoms with Crippen LogP contribution in [0.2, 0.25) is 0 Å². The van der Waals surface area contributed by atoms with Gasteiger partial charge in [-0.05, 0) is 6.07 Å². The van der Waals surface area contributed by atoms with Crippen LogP contribution < -0.4 is 16.4 Å². The van der Waals surface area contributed by atoms with Crippen LogP contribution in [0, 0.1) is 0 Å². The highest BCUT2D eigenvalue weighted by molar-refractivity contribution is 6.06. The molecule has 1 aromatic heterocycles. The van der Waals surface area contributed by atoms with Crippen LogP contribution in [0.5, 0.6) is 0 Å². The third-order valence-corrected chi connectivity index (χ3v) is 3.02. The molecule has 20 heavy (non-hydrogen) atoms. The zero-order valence-electron chi connectivity index (χ0n) is 11.8. The van der Waals surface area contributed by atoms with Crippen LogP contribution in [-0.4, -0.2) is 30.0 Å². The molecule has 1 amide bonds. The van der Waals surface area contributed by atoms with Crippen LogP contribution in [0.4, 0.5) is 5.69 Å². The molecule has 2 aromatic rings. The normalized spacial score (nSPS) is 10.9. The molecule has 0 radical (unpaired) electrons. The molecule has 0 saturated carbocycles. The Bertz CT molecular complexity index is 610. The SMILES string of the molecule is CC(C)NCCNc1c(C(N)=O)cnc2ccccc12. The summed E-state index contributed by atoms with van der Waals surface area (Å²) in [6.45, 7) is 5.71. The fraction of sp³-hybridized carbons (Fsp3) is 0.333. The molecule has 5 heteroatoms. The second-order valence-corrected chi connectivity index (χ2v) is 4.96. The summed E-state index contributed by atoms with van der Waals surface area (Å²) in [5, 5.41) is 7.52. The number of hydrogen-bond donors (Lipinski definition) is 3. The van der Waals surface area contributed by atoms with E-state index in [9.17, 15) is 4.79 Å². The van der Waals surface area contributed by atoms with E-state index in [-0.39, 0.29) is 0 Å². The van der Waals surface area contributed by atoms with E-state index in [2.05, 4.69) is 29.5 Å². The van der Waals surface area contributed by atoms with Crippen molar-refractivity contribution in [1.82, 2.24) is 10.3 Å². The number of nitrogens with two attached hydrogens (primary N) is 1. The first-order valence-corrected chi connectivity index (χ1v) is 6.74. The number of benzene rings is 1. The summed E-state index contributed by atoms with van der Waals surface area (Å²) in [5.74, 6) is -0.470. The smallest absolute Gasteiger partial charge is 0.252 e. The molecule has 0 atom stereocenters. The number of carbonyl (C=O) groups excluding carboxylic acids is 1. The lowest BCUT2D eigenvalue weighted by molar-refractivity contribution is 0.100. The molecule has 0 aliphatic heterocycles. The number of fused-ring (bicyclic) bond motifs is 1. The average Bonchev–Trinajstić information content (AvgIpc) is 2.42. The number of para-hydroxylation sites is 1. The molecule has 1 heterocycles. The number of amides is 1. The maximum absolute atomic E-state index is 11.5. The van der Waals surface area contributed by atoms with Crippen LogP contribution in [0.25, 0.3) is 10.9 Å². The van der Waals surface area contributed by atoms with Crippen molar-refractivity contribution in [2.75, 3.05) is 18.4 Å². The fourth-order valence-electron chi connectivity index (χ4n) is 2.07. The highest BCUT2D eigenvalue weighted by Gasteiger charge is 2.12. The Balaban J connectivity index is 2.28. The van der Waals surface area contributed by atoms with Gasteiger partial charge in [0.05, 0.1) is 16.8 Å². The number of nitrogens with one attached hydrogen (secondary N) is 2.